The van der Waals surface area contributed by atoms with Crippen molar-refractivity contribution in [3.05, 3.63) is 88.2 Å². The molecule has 0 fully saturated rings. The van der Waals surface area contributed by atoms with E-state index in [1.165, 1.54) is 0 Å². The zero-order chi connectivity index (χ0) is 22.8. The lowest BCUT2D eigenvalue weighted by atomic mass is 10.1. The summed E-state index contributed by atoms with van der Waals surface area (Å²) in [5.74, 6) is -0.564. The van der Waals surface area contributed by atoms with E-state index in [0.29, 0.717) is 34.4 Å². The Morgan fingerprint density at radius 2 is 1.66 bits per heavy atom. The third-order valence-electron chi connectivity index (χ3n) is 5.33. The highest BCUT2D eigenvalue weighted by atomic mass is 16.2. The molecule has 0 aliphatic rings. The summed E-state index contributed by atoms with van der Waals surface area (Å²) in [6.45, 7) is 6.11. The van der Waals surface area contributed by atoms with Crippen LogP contribution in [0.2, 0.25) is 0 Å². The van der Waals surface area contributed by atoms with Crippen LogP contribution < -0.4 is 10.6 Å². The summed E-state index contributed by atoms with van der Waals surface area (Å²) >= 11 is 0. The van der Waals surface area contributed by atoms with Crippen molar-refractivity contribution in [3.63, 3.8) is 0 Å². The maximum atomic E-state index is 13.2. The minimum atomic E-state index is -0.310. The predicted octanol–water partition coefficient (Wildman–Crippen LogP) is 4.08. The van der Waals surface area contributed by atoms with Crippen LogP contribution in [-0.4, -0.2) is 26.6 Å². The van der Waals surface area contributed by atoms with Crippen LogP contribution in [0.5, 0.6) is 0 Å². The SMILES string of the molecule is Cc1ccc(CNC(=O)c2ccccc2NC(=O)c2cc(C)nc3c2c(C)nn3C)cc1. The average Bonchev–Trinajstić information content (AvgIpc) is 3.06. The first-order valence-electron chi connectivity index (χ1n) is 10.4. The van der Waals surface area contributed by atoms with Crippen LogP contribution in [0.3, 0.4) is 0 Å². The molecule has 0 bridgehead atoms. The van der Waals surface area contributed by atoms with Crippen molar-refractivity contribution in [2.45, 2.75) is 27.3 Å². The van der Waals surface area contributed by atoms with Gasteiger partial charge in [0.15, 0.2) is 5.65 Å². The summed E-state index contributed by atoms with van der Waals surface area (Å²) < 4.78 is 1.67. The van der Waals surface area contributed by atoms with Crippen molar-refractivity contribution in [2.24, 2.45) is 7.05 Å². The second-order valence-corrected chi connectivity index (χ2v) is 7.89. The Hall–Kier alpha value is -4.00. The number of carbonyl (C=O) groups excluding carboxylic acids is 2. The first kappa shape index (κ1) is 21.2. The summed E-state index contributed by atoms with van der Waals surface area (Å²) in [6.07, 6.45) is 0. The van der Waals surface area contributed by atoms with Gasteiger partial charge in [-0.15, -0.1) is 0 Å². The van der Waals surface area contributed by atoms with E-state index in [9.17, 15) is 9.59 Å². The number of hydrogen-bond donors (Lipinski definition) is 2. The number of benzene rings is 2. The Morgan fingerprint density at radius 1 is 0.938 bits per heavy atom. The summed E-state index contributed by atoms with van der Waals surface area (Å²) in [4.78, 5) is 30.6. The Bertz CT molecular complexity index is 1320. The number of rotatable bonds is 5. The van der Waals surface area contributed by atoms with Crippen LogP contribution in [0.25, 0.3) is 11.0 Å². The lowest BCUT2D eigenvalue weighted by Crippen LogP contribution is -2.25. The van der Waals surface area contributed by atoms with Gasteiger partial charge in [-0.3, -0.25) is 14.3 Å². The van der Waals surface area contributed by atoms with Crippen molar-refractivity contribution in [3.8, 4) is 0 Å². The Morgan fingerprint density at radius 3 is 2.41 bits per heavy atom. The lowest BCUT2D eigenvalue weighted by Gasteiger charge is -2.12. The molecule has 2 heterocycles. The zero-order valence-corrected chi connectivity index (χ0v) is 18.6. The van der Waals surface area contributed by atoms with Crippen molar-refractivity contribution in [1.82, 2.24) is 20.1 Å². The molecule has 0 aliphatic heterocycles. The molecular weight excluding hydrogens is 402 g/mol. The van der Waals surface area contributed by atoms with Gasteiger partial charge in [-0.2, -0.15) is 5.10 Å². The standard InChI is InChI=1S/C25H25N5O2/c1-15-9-11-18(12-10-15)14-26-24(31)19-7-5-6-8-21(19)28-25(32)20-13-16(2)27-23-22(20)17(3)29-30(23)4/h5-13H,14H2,1-4H3,(H,26,31)(H,28,32). The fourth-order valence-electron chi connectivity index (χ4n) is 3.71. The van der Waals surface area contributed by atoms with Gasteiger partial charge < -0.3 is 10.6 Å². The molecule has 0 unspecified atom stereocenters. The molecule has 32 heavy (non-hydrogen) atoms. The van der Waals surface area contributed by atoms with E-state index in [-0.39, 0.29) is 11.8 Å². The number of carbonyl (C=O) groups is 2. The van der Waals surface area contributed by atoms with Crippen LogP contribution in [0.4, 0.5) is 5.69 Å². The summed E-state index contributed by atoms with van der Waals surface area (Å²) in [6, 6.07) is 16.7. The first-order chi connectivity index (χ1) is 15.3. The topological polar surface area (TPSA) is 88.9 Å². The zero-order valence-electron chi connectivity index (χ0n) is 18.6. The minimum Gasteiger partial charge on any atom is -0.348 e. The third-order valence-corrected chi connectivity index (χ3v) is 5.33. The van der Waals surface area contributed by atoms with Gasteiger partial charge in [0.1, 0.15) is 0 Å². The molecular formula is C25H25N5O2. The van der Waals surface area contributed by atoms with E-state index < -0.39 is 0 Å². The van der Waals surface area contributed by atoms with Gasteiger partial charge >= 0.3 is 0 Å². The molecule has 2 amide bonds. The molecule has 2 N–H and O–H groups in total. The van der Waals surface area contributed by atoms with E-state index in [1.807, 2.05) is 45.0 Å². The molecule has 0 aliphatic carbocycles. The molecule has 0 saturated carbocycles. The number of pyridine rings is 1. The molecule has 2 aromatic heterocycles. The number of hydrogen-bond acceptors (Lipinski definition) is 4. The van der Waals surface area contributed by atoms with Crippen LogP contribution in [0, 0.1) is 20.8 Å². The van der Waals surface area contributed by atoms with Crippen LogP contribution >= 0.6 is 0 Å². The highest BCUT2D eigenvalue weighted by molar-refractivity contribution is 6.14. The number of nitrogens with one attached hydrogen (secondary N) is 2. The molecule has 0 atom stereocenters. The van der Waals surface area contributed by atoms with Gasteiger partial charge in [0.2, 0.25) is 0 Å². The molecule has 4 rings (SSSR count). The monoisotopic (exact) mass is 427 g/mol. The lowest BCUT2D eigenvalue weighted by molar-refractivity contribution is 0.0952. The average molecular weight is 428 g/mol. The number of anilines is 1. The Labute approximate surface area is 186 Å². The van der Waals surface area contributed by atoms with Gasteiger partial charge in [0, 0.05) is 19.3 Å². The Kier molecular flexibility index (Phi) is 5.73. The fraction of sp³-hybridized carbons (Fsp3) is 0.200. The number of fused-ring (bicyclic) bond motifs is 1. The minimum absolute atomic E-state index is 0.255. The predicted molar refractivity (Wildman–Crippen MR) is 125 cm³/mol. The molecule has 0 radical (unpaired) electrons. The second kappa shape index (κ2) is 8.63. The van der Waals surface area contributed by atoms with E-state index in [2.05, 4.69) is 20.7 Å². The number of aromatic nitrogens is 3. The molecule has 7 nitrogen and oxygen atoms in total. The van der Waals surface area contributed by atoms with Gasteiger partial charge in [-0.05, 0) is 44.5 Å². The van der Waals surface area contributed by atoms with E-state index in [1.54, 1.807) is 42.1 Å². The van der Waals surface area contributed by atoms with Gasteiger partial charge in [0.25, 0.3) is 11.8 Å². The highest BCUT2D eigenvalue weighted by Crippen LogP contribution is 2.24. The number of nitrogens with zero attached hydrogens (tertiary/aromatic N) is 3. The number of amides is 2. The first-order valence-corrected chi connectivity index (χ1v) is 10.4. The Balaban J connectivity index is 1.58. The smallest absolute Gasteiger partial charge is 0.256 e. The van der Waals surface area contributed by atoms with Gasteiger partial charge in [-0.1, -0.05) is 42.0 Å². The number of para-hydroxylation sites is 1. The summed E-state index contributed by atoms with van der Waals surface area (Å²) in [7, 11) is 1.80. The van der Waals surface area contributed by atoms with Crippen molar-refractivity contribution in [1.29, 1.82) is 0 Å². The highest BCUT2D eigenvalue weighted by Gasteiger charge is 2.20. The molecule has 2 aromatic carbocycles. The normalized spacial score (nSPS) is 10.9. The van der Waals surface area contributed by atoms with Crippen LogP contribution in [0.15, 0.2) is 54.6 Å². The van der Waals surface area contributed by atoms with Crippen LogP contribution in [-0.2, 0) is 13.6 Å². The number of aryl methyl sites for hydroxylation is 4. The van der Waals surface area contributed by atoms with Crippen molar-refractivity contribution < 1.29 is 9.59 Å². The maximum Gasteiger partial charge on any atom is 0.256 e. The molecule has 0 saturated heterocycles. The maximum absolute atomic E-state index is 13.2. The van der Waals surface area contributed by atoms with Crippen molar-refractivity contribution in [2.75, 3.05) is 5.32 Å². The molecule has 7 heteroatoms. The largest absolute Gasteiger partial charge is 0.348 e. The van der Waals surface area contributed by atoms with E-state index in [0.717, 1.165) is 22.5 Å². The molecule has 162 valence electrons. The summed E-state index contributed by atoms with van der Waals surface area (Å²) in [5.41, 5.74) is 5.59. The van der Waals surface area contributed by atoms with Crippen molar-refractivity contribution >= 4 is 28.5 Å². The van der Waals surface area contributed by atoms with Gasteiger partial charge in [0.05, 0.1) is 27.9 Å². The summed E-state index contributed by atoms with van der Waals surface area (Å²) in [5, 5.41) is 10.9. The van der Waals surface area contributed by atoms with E-state index in [4.69, 9.17) is 0 Å². The quantitative estimate of drug-likeness (QED) is 0.502. The van der Waals surface area contributed by atoms with E-state index >= 15 is 0 Å². The fourth-order valence-corrected chi connectivity index (χ4v) is 3.71. The molecule has 4 aromatic rings. The molecule has 0 spiro atoms. The third kappa shape index (κ3) is 4.23. The van der Waals surface area contributed by atoms with Crippen LogP contribution in [0.1, 0.15) is 43.2 Å². The van der Waals surface area contributed by atoms with Gasteiger partial charge in [-0.25, -0.2) is 4.98 Å². The second-order valence-electron chi connectivity index (χ2n) is 7.89.